The second-order valence-electron chi connectivity index (χ2n) is 5.42. The Bertz CT molecular complexity index is 580. The molecule has 0 aliphatic heterocycles. The van der Waals surface area contributed by atoms with Gasteiger partial charge in [-0.1, -0.05) is 18.2 Å². The smallest absolute Gasteiger partial charge is 0.146 e. The van der Waals surface area contributed by atoms with Gasteiger partial charge < -0.3 is 10.1 Å². The number of benzene rings is 2. The van der Waals surface area contributed by atoms with E-state index in [0.717, 1.165) is 24.2 Å². The van der Waals surface area contributed by atoms with Crippen LogP contribution in [0.2, 0.25) is 0 Å². The molecule has 0 fully saturated rings. The zero-order valence-electron chi connectivity index (χ0n) is 12.8. The summed E-state index contributed by atoms with van der Waals surface area (Å²) in [5, 5.41) is 3.24. The van der Waals surface area contributed by atoms with Gasteiger partial charge in [0.25, 0.3) is 0 Å². The maximum Gasteiger partial charge on any atom is 0.146 e. The van der Waals surface area contributed by atoms with Crippen molar-refractivity contribution in [3.8, 4) is 5.75 Å². The molecule has 0 spiro atoms. The van der Waals surface area contributed by atoms with Gasteiger partial charge in [0.15, 0.2) is 0 Å². The van der Waals surface area contributed by atoms with Gasteiger partial charge in [-0.3, -0.25) is 0 Å². The van der Waals surface area contributed by atoms with Crippen LogP contribution in [0.15, 0.2) is 42.5 Å². The fourth-order valence-corrected chi connectivity index (χ4v) is 2.26. The van der Waals surface area contributed by atoms with Crippen molar-refractivity contribution in [3.05, 3.63) is 59.4 Å². The Hall–Kier alpha value is -2.03. The molecule has 1 unspecified atom stereocenters. The van der Waals surface area contributed by atoms with Crippen molar-refractivity contribution in [2.45, 2.75) is 32.7 Å². The molecule has 0 aliphatic rings. The van der Waals surface area contributed by atoms with Crippen LogP contribution in [0.25, 0.3) is 0 Å². The lowest BCUT2D eigenvalue weighted by molar-refractivity contribution is 0.414. The number of hydrogen-bond acceptors (Lipinski definition) is 2. The minimum absolute atomic E-state index is 0.197. The van der Waals surface area contributed by atoms with Gasteiger partial charge in [0.2, 0.25) is 0 Å². The highest BCUT2D eigenvalue weighted by molar-refractivity contribution is 5.47. The van der Waals surface area contributed by atoms with E-state index in [2.05, 4.69) is 24.4 Å². The lowest BCUT2D eigenvalue weighted by atomic mass is 10.1. The van der Waals surface area contributed by atoms with Gasteiger partial charge in [0.05, 0.1) is 12.8 Å². The first-order chi connectivity index (χ1) is 10.1. The van der Waals surface area contributed by atoms with Crippen LogP contribution in [0.1, 0.15) is 24.5 Å². The third-order valence-corrected chi connectivity index (χ3v) is 3.55. The Labute approximate surface area is 126 Å². The summed E-state index contributed by atoms with van der Waals surface area (Å²) in [5.74, 6) is 0.670. The Balaban J connectivity index is 1.89. The highest BCUT2D eigenvalue weighted by atomic mass is 19.1. The molecule has 0 bridgehead atoms. The normalized spacial score (nSPS) is 12.0. The van der Waals surface area contributed by atoms with E-state index in [4.69, 9.17) is 4.74 Å². The molecule has 112 valence electrons. The van der Waals surface area contributed by atoms with E-state index in [1.807, 2.05) is 25.1 Å². The predicted molar refractivity (Wildman–Crippen MR) is 85.5 cm³/mol. The summed E-state index contributed by atoms with van der Waals surface area (Å²) in [4.78, 5) is 0. The predicted octanol–water partition coefficient (Wildman–Crippen LogP) is 4.58. The molecule has 0 saturated carbocycles. The van der Waals surface area contributed by atoms with Crippen molar-refractivity contribution in [3.63, 3.8) is 0 Å². The molecule has 0 radical (unpaired) electrons. The molecule has 2 nitrogen and oxygen atoms in total. The lowest BCUT2D eigenvalue weighted by Gasteiger charge is -2.16. The van der Waals surface area contributed by atoms with Crippen LogP contribution >= 0.6 is 0 Å². The summed E-state index contributed by atoms with van der Waals surface area (Å²) in [6.45, 7) is 4.04. The molecule has 0 saturated heterocycles. The summed E-state index contributed by atoms with van der Waals surface area (Å²) in [6.07, 6.45) is 1.89. The Morgan fingerprint density at radius 1 is 1.14 bits per heavy atom. The fourth-order valence-electron chi connectivity index (χ4n) is 2.26. The van der Waals surface area contributed by atoms with Crippen LogP contribution in [0.3, 0.4) is 0 Å². The zero-order chi connectivity index (χ0) is 15.2. The van der Waals surface area contributed by atoms with Crippen LogP contribution in [0, 0.1) is 12.7 Å². The molecule has 2 aromatic carbocycles. The minimum Gasteiger partial charge on any atom is -0.497 e. The van der Waals surface area contributed by atoms with Crippen molar-refractivity contribution in [2.24, 2.45) is 0 Å². The maximum absolute atomic E-state index is 13.7. The van der Waals surface area contributed by atoms with E-state index in [1.54, 1.807) is 13.2 Å². The van der Waals surface area contributed by atoms with Gasteiger partial charge in [0, 0.05) is 6.04 Å². The quantitative estimate of drug-likeness (QED) is 0.840. The number of nitrogens with one attached hydrogen (secondary N) is 1. The van der Waals surface area contributed by atoms with Crippen molar-refractivity contribution >= 4 is 5.69 Å². The Morgan fingerprint density at radius 3 is 2.52 bits per heavy atom. The number of aryl methyl sites for hydroxylation is 2. The lowest BCUT2D eigenvalue weighted by Crippen LogP contribution is -2.17. The molecule has 3 heteroatoms. The first-order valence-corrected chi connectivity index (χ1v) is 7.24. The number of hydrogen-bond donors (Lipinski definition) is 1. The van der Waals surface area contributed by atoms with Gasteiger partial charge in [-0.15, -0.1) is 0 Å². The SMILES string of the molecule is COc1ccc(CCC(C)Nc2cc(C)ccc2F)cc1. The van der Waals surface area contributed by atoms with Crippen LogP contribution < -0.4 is 10.1 Å². The largest absolute Gasteiger partial charge is 0.497 e. The molecular formula is C18H22FNO. The molecule has 1 N–H and O–H groups in total. The van der Waals surface area contributed by atoms with Gasteiger partial charge in [0.1, 0.15) is 11.6 Å². The summed E-state index contributed by atoms with van der Waals surface area (Å²) in [7, 11) is 1.66. The fraction of sp³-hybridized carbons (Fsp3) is 0.333. The number of anilines is 1. The minimum atomic E-state index is -0.197. The number of rotatable bonds is 6. The second kappa shape index (κ2) is 7.11. The molecule has 0 aliphatic carbocycles. The Kier molecular flexibility index (Phi) is 5.20. The van der Waals surface area contributed by atoms with Crippen LogP contribution in [-0.4, -0.2) is 13.2 Å². The number of ether oxygens (including phenoxy) is 1. The molecule has 0 aromatic heterocycles. The van der Waals surface area contributed by atoms with E-state index in [-0.39, 0.29) is 11.9 Å². The monoisotopic (exact) mass is 287 g/mol. The van der Waals surface area contributed by atoms with Gasteiger partial charge in [-0.05, 0) is 62.1 Å². The third-order valence-electron chi connectivity index (χ3n) is 3.55. The Morgan fingerprint density at radius 2 is 1.86 bits per heavy atom. The van der Waals surface area contributed by atoms with Crippen LogP contribution in [0.5, 0.6) is 5.75 Å². The second-order valence-corrected chi connectivity index (χ2v) is 5.42. The van der Waals surface area contributed by atoms with Crippen LogP contribution in [-0.2, 0) is 6.42 Å². The van der Waals surface area contributed by atoms with E-state index in [9.17, 15) is 4.39 Å². The highest BCUT2D eigenvalue weighted by Crippen LogP contribution is 2.18. The molecule has 2 aromatic rings. The molecular weight excluding hydrogens is 265 g/mol. The average molecular weight is 287 g/mol. The van der Waals surface area contributed by atoms with Gasteiger partial charge in [-0.2, -0.15) is 0 Å². The molecule has 2 rings (SSSR count). The van der Waals surface area contributed by atoms with E-state index < -0.39 is 0 Å². The highest BCUT2D eigenvalue weighted by Gasteiger charge is 2.07. The topological polar surface area (TPSA) is 21.3 Å². The summed E-state index contributed by atoms with van der Waals surface area (Å²) in [5.41, 5.74) is 2.90. The first-order valence-electron chi connectivity index (χ1n) is 7.24. The average Bonchev–Trinajstić information content (AvgIpc) is 2.49. The number of halogens is 1. The molecule has 21 heavy (non-hydrogen) atoms. The van der Waals surface area contributed by atoms with E-state index >= 15 is 0 Å². The molecule has 1 atom stereocenters. The first kappa shape index (κ1) is 15.4. The van der Waals surface area contributed by atoms with E-state index in [1.165, 1.54) is 11.6 Å². The van der Waals surface area contributed by atoms with E-state index in [0.29, 0.717) is 5.69 Å². The van der Waals surface area contributed by atoms with Crippen LogP contribution in [0.4, 0.5) is 10.1 Å². The van der Waals surface area contributed by atoms with Crippen molar-refractivity contribution < 1.29 is 9.13 Å². The van der Waals surface area contributed by atoms with Crippen molar-refractivity contribution in [2.75, 3.05) is 12.4 Å². The molecule has 0 amide bonds. The van der Waals surface area contributed by atoms with Crippen molar-refractivity contribution in [1.29, 1.82) is 0 Å². The maximum atomic E-state index is 13.7. The third kappa shape index (κ3) is 4.48. The standard InChI is InChI=1S/C18H22FNO/c1-13-4-11-17(19)18(12-13)20-14(2)5-6-15-7-9-16(21-3)10-8-15/h4,7-12,14,20H,5-6H2,1-3H3. The zero-order valence-corrected chi connectivity index (χ0v) is 12.8. The number of methoxy groups -OCH3 is 1. The summed E-state index contributed by atoms with van der Waals surface area (Å²) < 4.78 is 18.8. The van der Waals surface area contributed by atoms with Gasteiger partial charge in [-0.25, -0.2) is 4.39 Å². The summed E-state index contributed by atoms with van der Waals surface area (Å²) in [6, 6.07) is 13.4. The summed E-state index contributed by atoms with van der Waals surface area (Å²) >= 11 is 0. The van der Waals surface area contributed by atoms with Crippen molar-refractivity contribution in [1.82, 2.24) is 0 Å². The van der Waals surface area contributed by atoms with Gasteiger partial charge >= 0.3 is 0 Å². The molecule has 0 heterocycles.